The molecule has 6 aromatic rings. The van der Waals surface area contributed by atoms with Crippen molar-refractivity contribution in [2.45, 2.75) is 77.6 Å². The summed E-state index contributed by atoms with van der Waals surface area (Å²) in [6.45, 7) is 16.3. The number of imidazole rings is 1. The zero-order valence-electron chi connectivity index (χ0n) is 28.7. The molecule has 0 spiro atoms. The van der Waals surface area contributed by atoms with Gasteiger partial charge in [-0.25, -0.2) is 4.98 Å². The highest BCUT2D eigenvalue weighted by molar-refractivity contribution is 5.74. The van der Waals surface area contributed by atoms with Crippen LogP contribution in [0.3, 0.4) is 0 Å². The molecule has 2 heteroatoms. The SMILES string of the molecule is CC(C)c1cc(C(C)(C)C)cc(C(C)C)c1-n1cc(-c2ccc3c(c2)C2c4ccccc4C3c3ccccc32)nc1-c1ccccc1. The highest BCUT2D eigenvalue weighted by Crippen LogP contribution is 2.56. The van der Waals surface area contributed by atoms with Crippen LogP contribution in [0.1, 0.15) is 122 Å². The van der Waals surface area contributed by atoms with E-state index in [1.165, 1.54) is 61.3 Å². The van der Waals surface area contributed by atoms with Gasteiger partial charge in [-0.3, -0.25) is 4.57 Å². The Hall–Kier alpha value is -4.69. The average Bonchev–Trinajstić information content (AvgIpc) is 3.52. The molecule has 0 radical (unpaired) electrons. The molecular formula is C45H44N2. The summed E-state index contributed by atoms with van der Waals surface area (Å²) in [5.41, 5.74) is 17.4. The van der Waals surface area contributed by atoms with E-state index in [2.05, 4.69) is 168 Å². The molecule has 2 bridgehead atoms. The minimum atomic E-state index is 0.0634. The van der Waals surface area contributed by atoms with Gasteiger partial charge in [0.2, 0.25) is 0 Å². The van der Waals surface area contributed by atoms with Crippen LogP contribution in [-0.4, -0.2) is 9.55 Å². The first-order valence-corrected chi connectivity index (χ1v) is 17.3. The van der Waals surface area contributed by atoms with Crippen molar-refractivity contribution in [1.29, 1.82) is 0 Å². The molecule has 0 aliphatic heterocycles. The van der Waals surface area contributed by atoms with E-state index in [-0.39, 0.29) is 17.3 Å². The highest BCUT2D eigenvalue weighted by Gasteiger charge is 2.41. The number of nitrogens with zero attached hydrogens (tertiary/aromatic N) is 2. The predicted molar refractivity (Wildman–Crippen MR) is 196 cm³/mol. The maximum atomic E-state index is 5.46. The van der Waals surface area contributed by atoms with E-state index >= 15 is 0 Å². The first-order valence-electron chi connectivity index (χ1n) is 17.3. The fourth-order valence-corrected chi connectivity index (χ4v) is 8.08. The Morgan fingerprint density at radius 1 is 0.553 bits per heavy atom. The molecule has 47 heavy (non-hydrogen) atoms. The molecule has 3 aliphatic carbocycles. The standard InChI is InChI=1S/C45H44N2/c1-27(2)37-24-31(45(5,6)7)25-38(28(3)4)43(37)47-26-40(46-44(47)29-15-9-8-10-16-29)30-21-22-36-39(23-30)42-34-19-13-11-17-32(34)41(36)33-18-12-14-20-35(33)42/h8-28,41-42H,1-7H3. The van der Waals surface area contributed by atoms with Gasteiger partial charge in [-0.2, -0.15) is 0 Å². The van der Waals surface area contributed by atoms with E-state index in [1.54, 1.807) is 0 Å². The van der Waals surface area contributed by atoms with E-state index in [0.717, 1.165) is 17.1 Å². The summed E-state index contributed by atoms with van der Waals surface area (Å²) in [6.07, 6.45) is 2.30. The fraction of sp³-hybridized carbons (Fsp3) is 0.267. The van der Waals surface area contributed by atoms with E-state index < -0.39 is 0 Å². The Bertz CT molecular complexity index is 2060. The molecule has 0 unspecified atom stereocenters. The van der Waals surface area contributed by atoms with Gasteiger partial charge in [0.1, 0.15) is 5.82 Å². The molecule has 2 nitrogen and oxygen atoms in total. The largest absolute Gasteiger partial charge is 0.299 e. The van der Waals surface area contributed by atoms with Crippen molar-refractivity contribution in [2.24, 2.45) is 0 Å². The molecule has 3 aliphatic rings. The van der Waals surface area contributed by atoms with Crippen molar-refractivity contribution >= 4 is 0 Å². The molecule has 0 atom stereocenters. The lowest BCUT2D eigenvalue weighted by molar-refractivity contribution is 0.586. The molecule has 234 valence electrons. The number of benzene rings is 5. The first kappa shape index (κ1) is 29.7. The number of rotatable bonds is 5. The second-order valence-corrected chi connectivity index (χ2v) is 15.2. The van der Waals surface area contributed by atoms with Crippen LogP contribution in [0.5, 0.6) is 0 Å². The first-order chi connectivity index (χ1) is 22.6. The monoisotopic (exact) mass is 612 g/mol. The predicted octanol–water partition coefficient (Wildman–Crippen LogP) is 11.7. The second kappa shape index (κ2) is 10.9. The fourth-order valence-electron chi connectivity index (χ4n) is 8.08. The Labute approximate surface area is 280 Å². The van der Waals surface area contributed by atoms with Crippen molar-refractivity contribution in [3.05, 3.63) is 165 Å². The number of hydrogen-bond acceptors (Lipinski definition) is 1. The Morgan fingerprint density at radius 2 is 1.04 bits per heavy atom. The lowest BCUT2D eigenvalue weighted by atomic mass is 9.61. The summed E-state index contributed by atoms with van der Waals surface area (Å²) in [6, 6.07) is 40.8. The minimum absolute atomic E-state index is 0.0634. The third-order valence-corrected chi connectivity index (χ3v) is 10.5. The Balaban J connectivity index is 1.35. The third-order valence-electron chi connectivity index (χ3n) is 10.5. The van der Waals surface area contributed by atoms with Gasteiger partial charge in [0.15, 0.2) is 0 Å². The van der Waals surface area contributed by atoms with E-state index in [9.17, 15) is 0 Å². The van der Waals surface area contributed by atoms with E-state index in [0.29, 0.717) is 11.8 Å². The zero-order valence-corrected chi connectivity index (χ0v) is 28.7. The zero-order chi connectivity index (χ0) is 32.6. The van der Waals surface area contributed by atoms with Gasteiger partial charge in [-0.1, -0.05) is 152 Å². The second-order valence-electron chi connectivity index (χ2n) is 15.2. The van der Waals surface area contributed by atoms with Crippen LogP contribution in [0, 0.1) is 0 Å². The Morgan fingerprint density at radius 3 is 1.55 bits per heavy atom. The van der Waals surface area contributed by atoms with E-state index in [1.807, 2.05) is 0 Å². The molecule has 0 N–H and O–H groups in total. The van der Waals surface area contributed by atoms with Gasteiger partial charge in [-0.05, 0) is 73.4 Å². The van der Waals surface area contributed by atoms with Crippen molar-refractivity contribution in [3.63, 3.8) is 0 Å². The third kappa shape index (κ3) is 4.72. The van der Waals surface area contributed by atoms with Gasteiger partial charge in [0.25, 0.3) is 0 Å². The lowest BCUT2D eigenvalue weighted by Crippen LogP contribution is -2.27. The summed E-state index contributed by atoms with van der Waals surface area (Å²) >= 11 is 0. The highest BCUT2D eigenvalue weighted by atomic mass is 15.1. The minimum Gasteiger partial charge on any atom is -0.299 e. The van der Waals surface area contributed by atoms with Crippen LogP contribution in [0.25, 0.3) is 28.3 Å². The number of hydrogen-bond donors (Lipinski definition) is 0. The quantitative estimate of drug-likeness (QED) is 0.189. The molecule has 1 heterocycles. The maximum Gasteiger partial charge on any atom is 0.145 e. The molecular weight excluding hydrogens is 569 g/mol. The smallest absolute Gasteiger partial charge is 0.145 e. The summed E-state index contributed by atoms with van der Waals surface area (Å²) in [5, 5.41) is 0. The molecule has 0 saturated carbocycles. The van der Waals surface area contributed by atoms with Crippen molar-refractivity contribution < 1.29 is 0 Å². The Kier molecular flexibility index (Phi) is 6.92. The molecule has 0 amide bonds. The van der Waals surface area contributed by atoms with Gasteiger partial charge >= 0.3 is 0 Å². The van der Waals surface area contributed by atoms with Gasteiger partial charge in [-0.15, -0.1) is 0 Å². The van der Waals surface area contributed by atoms with Crippen LogP contribution >= 0.6 is 0 Å². The van der Waals surface area contributed by atoms with Crippen LogP contribution in [0.4, 0.5) is 0 Å². The van der Waals surface area contributed by atoms with E-state index in [4.69, 9.17) is 4.98 Å². The maximum absolute atomic E-state index is 5.46. The normalized spacial score (nSPS) is 16.4. The van der Waals surface area contributed by atoms with Crippen LogP contribution < -0.4 is 0 Å². The molecule has 5 aromatic carbocycles. The topological polar surface area (TPSA) is 17.8 Å². The summed E-state index contributed by atoms with van der Waals surface area (Å²) in [5.74, 6) is 2.22. The summed E-state index contributed by atoms with van der Waals surface area (Å²) in [7, 11) is 0. The molecule has 1 aromatic heterocycles. The van der Waals surface area contributed by atoms with Gasteiger partial charge < -0.3 is 0 Å². The summed E-state index contributed by atoms with van der Waals surface area (Å²) in [4.78, 5) is 5.46. The molecule has 0 saturated heterocycles. The van der Waals surface area contributed by atoms with Crippen molar-refractivity contribution in [3.8, 4) is 28.3 Å². The average molecular weight is 613 g/mol. The van der Waals surface area contributed by atoms with Crippen molar-refractivity contribution in [2.75, 3.05) is 0 Å². The molecule has 0 fully saturated rings. The van der Waals surface area contributed by atoms with Crippen LogP contribution in [-0.2, 0) is 5.41 Å². The molecule has 9 rings (SSSR count). The van der Waals surface area contributed by atoms with Gasteiger partial charge in [0.05, 0.1) is 11.4 Å². The summed E-state index contributed by atoms with van der Waals surface area (Å²) < 4.78 is 2.40. The lowest BCUT2D eigenvalue weighted by Gasteiger charge is -2.42. The number of aromatic nitrogens is 2. The van der Waals surface area contributed by atoms with Crippen LogP contribution in [0.2, 0.25) is 0 Å². The van der Waals surface area contributed by atoms with Crippen molar-refractivity contribution in [1.82, 2.24) is 9.55 Å². The van der Waals surface area contributed by atoms with Gasteiger partial charge in [0, 0.05) is 29.2 Å². The van der Waals surface area contributed by atoms with Crippen LogP contribution in [0.15, 0.2) is 115 Å².